The van der Waals surface area contributed by atoms with Crippen LogP contribution in [0.2, 0.25) is 0 Å². The summed E-state index contributed by atoms with van der Waals surface area (Å²) in [5.74, 6) is 0. The summed E-state index contributed by atoms with van der Waals surface area (Å²) in [4.78, 5) is 8.55. The highest BCUT2D eigenvalue weighted by Crippen LogP contribution is 2.46. The third-order valence-corrected chi connectivity index (χ3v) is 6.86. The van der Waals surface area contributed by atoms with Crippen molar-refractivity contribution in [2.45, 2.75) is 63.4 Å². The monoisotopic (exact) mass is 424 g/mol. The second kappa shape index (κ2) is 7.08. The lowest BCUT2D eigenvalue weighted by molar-refractivity contribution is -0.162. The molecule has 2 aromatic heterocycles. The molecule has 1 fully saturated rings. The van der Waals surface area contributed by atoms with Crippen LogP contribution in [0.4, 0.5) is 0 Å². The van der Waals surface area contributed by atoms with Crippen LogP contribution in [0, 0.1) is 6.92 Å². The molecule has 0 radical (unpaired) electrons. The van der Waals surface area contributed by atoms with Gasteiger partial charge in [0.15, 0.2) is 6.23 Å². The first-order chi connectivity index (χ1) is 14.7. The van der Waals surface area contributed by atoms with E-state index in [4.69, 9.17) is 4.74 Å². The van der Waals surface area contributed by atoms with Crippen molar-refractivity contribution < 1.29 is 20.1 Å². The Bertz CT molecular complexity index is 1140. The summed E-state index contributed by atoms with van der Waals surface area (Å²) in [6, 6.07) is 7.71. The van der Waals surface area contributed by atoms with Crippen LogP contribution in [-0.4, -0.2) is 54.2 Å². The van der Waals surface area contributed by atoms with E-state index in [0.29, 0.717) is 17.8 Å². The molecule has 5 rings (SSSR count). The highest BCUT2D eigenvalue weighted by atomic mass is 16.6. The molecule has 4 heterocycles. The van der Waals surface area contributed by atoms with E-state index in [-0.39, 0.29) is 0 Å². The van der Waals surface area contributed by atoms with E-state index in [1.165, 1.54) is 18.8 Å². The van der Waals surface area contributed by atoms with Gasteiger partial charge in [0.05, 0.1) is 5.69 Å². The Morgan fingerprint density at radius 1 is 1.29 bits per heavy atom. The molecule has 1 unspecified atom stereocenters. The first-order valence-electron chi connectivity index (χ1n) is 10.6. The van der Waals surface area contributed by atoms with Crippen LogP contribution in [0.5, 0.6) is 0 Å². The van der Waals surface area contributed by atoms with E-state index in [1.807, 2.05) is 25.1 Å². The van der Waals surface area contributed by atoms with Gasteiger partial charge in [0.1, 0.15) is 35.4 Å². The third-order valence-electron chi connectivity index (χ3n) is 6.86. The number of aliphatic hydroxyl groups excluding tert-OH is 1. The Balaban J connectivity index is 1.57. The van der Waals surface area contributed by atoms with Gasteiger partial charge < -0.3 is 29.9 Å². The van der Waals surface area contributed by atoms with Crippen molar-refractivity contribution in [3.05, 3.63) is 59.2 Å². The molecule has 31 heavy (non-hydrogen) atoms. The molecule has 2 aliphatic rings. The highest BCUT2D eigenvalue weighted by Gasteiger charge is 2.60. The van der Waals surface area contributed by atoms with Crippen molar-refractivity contribution in [3.63, 3.8) is 0 Å². The zero-order chi connectivity index (χ0) is 22.0. The highest BCUT2D eigenvalue weighted by molar-refractivity contribution is 5.78. The van der Waals surface area contributed by atoms with Gasteiger partial charge in [0.25, 0.3) is 0 Å². The van der Waals surface area contributed by atoms with Gasteiger partial charge in [0.2, 0.25) is 0 Å². The molecular formula is C23H28N4O4. The van der Waals surface area contributed by atoms with Gasteiger partial charge in [0, 0.05) is 18.1 Å². The SMILES string of the molecule is Cc1ncnc2c1ccn2[C@@H]1O[C@H](C(C)(O)c2cccc3c2CNCC3)[C@@](C)(O)[C@H]1O. The maximum Gasteiger partial charge on any atom is 0.164 e. The van der Waals surface area contributed by atoms with Gasteiger partial charge in [-0.1, -0.05) is 18.2 Å². The zero-order valence-electron chi connectivity index (χ0n) is 17.9. The van der Waals surface area contributed by atoms with Gasteiger partial charge in [-0.3, -0.25) is 0 Å². The topological polar surface area (TPSA) is 113 Å². The summed E-state index contributed by atoms with van der Waals surface area (Å²) in [7, 11) is 0. The number of benzene rings is 1. The molecule has 0 spiro atoms. The van der Waals surface area contributed by atoms with Crippen molar-refractivity contribution in [2.75, 3.05) is 6.54 Å². The quantitative estimate of drug-likeness (QED) is 0.501. The number of ether oxygens (including phenoxy) is 1. The molecule has 8 heteroatoms. The molecule has 2 aliphatic heterocycles. The summed E-state index contributed by atoms with van der Waals surface area (Å²) in [6.45, 7) is 6.57. The minimum Gasteiger partial charge on any atom is -0.385 e. The van der Waals surface area contributed by atoms with Gasteiger partial charge in [-0.2, -0.15) is 0 Å². The van der Waals surface area contributed by atoms with E-state index in [9.17, 15) is 15.3 Å². The molecule has 8 nitrogen and oxygen atoms in total. The van der Waals surface area contributed by atoms with E-state index < -0.39 is 29.6 Å². The molecule has 0 amide bonds. The summed E-state index contributed by atoms with van der Waals surface area (Å²) in [5.41, 5.74) is 1.09. The molecule has 164 valence electrons. The van der Waals surface area contributed by atoms with Gasteiger partial charge in [-0.05, 0) is 56.5 Å². The molecule has 1 saturated heterocycles. The Morgan fingerprint density at radius 2 is 2.10 bits per heavy atom. The minimum absolute atomic E-state index is 0.605. The number of hydrogen-bond donors (Lipinski definition) is 4. The number of aliphatic hydroxyl groups is 3. The van der Waals surface area contributed by atoms with Crippen molar-refractivity contribution >= 4 is 11.0 Å². The van der Waals surface area contributed by atoms with Crippen molar-refractivity contribution in [1.82, 2.24) is 19.9 Å². The fourth-order valence-corrected chi connectivity index (χ4v) is 5.15. The lowest BCUT2D eigenvalue weighted by Crippen LogP contribution is -2.54. The number of nitrogens with one attached hydrogen (secondary N) is 1. The van der Waals surface area contributed by atoms with E-state index in [1.54, 1.807) is 17.7 Å². The third kappa shape index (κ3) is 3.01. The van der Waals surface area contributed by atoms with Crippen LogP contribution >= 0.6 is 0 Å². The normalized spacial score (nSPS) is 30.3. The number of fused-ring (bicyclic) bond motifs is 2. The molecule has 0 saturated carbocycles. The predicted octanol–water partition coefficient (Wildman–Crippen LogP) is 1.30. The Hall–Kier alpha value is -2.36. The summed E-state index contributed by atoms with van der Waals surface area (Å²) in [5, 5.41) is 38.3. The van der Waals surface area contributed by atoms with Gasteiger partial charge in [-0.15, -0.1) is 0 Å². The van der Waals surface area contributed by atoms with E-state index in [2.05, 4.69) is 21.4 Å². The Labute approximate surface area is 180 Å². The predicted molar refractivity (Wildman–Crippen MR) is 114 cm³/mol. The Kier molecular flexibility index (Phi) is 4.69. The number of hydrogen-bond acceptors (Lipinski definition) is 7. The molecule has 5 atom stereocenters. The van der Waals surface area contributed by atoms with E-state index >= 15 is 0 Å². The van der Waals surface area contributed by atoms with Crippen LogP contribution in [0.3, 0.4) is 0 Å². The maximum absolute atomic E-state index is 11.7. The number of aromatic nitrogens is 3. The molecule has 3 aromatic rings. The second-order valence-corrected chi connectivity index (χ2v) is 9.01. The second-order valence-electron chi connectivity index (χ2n) is 9.01. The fourth-order valence-electron chi connectivity index (χ4n) is 5.15. The largest absolute Gasteiger partial charge is 0.385 e. The van der Waals surface area contributed by atoms with E-state index in [0.717, 1.165) is 29.6 Å². The average molecular weight is 425 g/mol. The van der Waals surface area contributed by atoms with Crippen LogP contribution in [0.15, 0.2) is 36.8 Å². The smallest absolute Gasteiger partial charge is 0.164 e. The van der Waals surface area contributed by atoms with Crippen LogP contribution in [0.25, 0.3) is 11.0 Å². The van der Waals surface area contributed by atoms with Crippen LogP contribution in [0.1, 0.15) is 42.5 Å². The fraction of sp³-hybridized carbons (Fsp3) is 0.478. The molecule has 0 aliphatic carbocycles. The molecule has 4 N–H and O–H groups in total. The molecule has 1 aromatic carbocycles. The van der Waals surface area contributed by atoms with Crippen molar-refractivity contribution in [1.29, 1.82) is 0 Å². The summed E-state index contributed by atoms with van der Waals surface area (Å²) < 4.78 is 7.92. The number of aryl methyl sites for hydroxylation is 1. The average Bonchev–Trinajstić information content (AvgIpc) is 3.27. The van der Waals surface area contributed by atoms with Gasteiger partial charge in [-0.25, -0.2) is 9.97 Å². The summed E-state index contributed by atoms with van der Waals surface area (Å²) >= 11 is 0. The first-order valence-corrected chi connectivity index (χ1v) is 10.6. The van der Waals surface area contributed by atoms with Crippen LogP contribution < -0.4 is 5.32 Å². The zero-order valence-corrected chi connectivity index (χ0v) is 17.9. The Morgan fingerprint density at radius 3 is 2.90 bits per heavy atom. The van der Waals surface area contributed by atoms with Crippen molar-refractivity contribution in [3.8, 4) is 0 Å². The lowest BCUT2D eigenvalue weighted by atomic mass is 9.77. The molecule has 0 bridgehead atoms. The van der Waals surface area contributed by atoms with Crippen molar-refractivity contribution in [2.24, 2.45) is 0 Å². The standard InChI is InChI=1S/C23H28N4O4/c1-13-15-8-10-27(19(15)26-12-25-13)20-18(28)23(3,30)21(31-20)22(2,29)17-6-4-5-14-7-9-24-11-16(14)17/h4-6,8,10,12,18,20-21,24,28-30H,7,9,11H2,1-3H3/t18-,20+,21+,22?,23-/m0/s1. The lowest BCUT2D eigenvalue weighted by Gasteiger charge is -2.39. The summed E-state index contributed by atoms with van der Waals surface area (Å²) in [6.07, 6.45) is 0.866. The maximum atomic E-state index is 11.7. The van der Waals surface area contributed by atoms with Crippen LogP contribution in [-0.2, 0) is 23.3 Å². The first kappa shape index (κ1) is 20.5. The molecular weight excluding hydrogens is 396 g/mol. The number of nitrogens with zero attached hydrogens (tertiary/aromatic N) is 3. The number of rotatable bonds is 3. The minimum atomic E-state index is -1.70. The van der Waals surface area contributed by atoms with Gasteiger partial charge >= 0.3 is 0 Å².